The van der Waals surface area contributed by atoms with Crippen LogP contribution in [-0.4, -0.2) is 37.2 Å². The van der Waals surface area contributed by atoms with Gasteiger partial charge < -0.3 is 14.2 Å². The van der Waals surface area contributed by atoms with Gasteiger partial charge in [-0.25, -0.2) is 0 Å². The van der Waals surface area contributed by atoms with Crippen molar-refractivity contribution in [2.45, 2.75) is 317 Å². The Morgan fingerprint density at radius 2 is 0.613 bits per heavy atom. The lowest BCUT2D eigenvalue weighted by atomic mass is 9.99. The van der Waals surface area contributed by atoms with Gasteiger partial charge in [0.05, 0.1) is 0 Å². The van der Waals surface area contributed by atoms with Crippen molar-refractivity contribution < 1.29 is 28.6 Å². The largest absolute Gasteiger partial charge is 0.462 e. The van der Waals surface area contributed by atoms with E-state index in [9.17, 15) is 14.4 Å². The molecule has 0 saturated heterocycles. The maximum atomic E-state index is 12.8. The summed E-state index contributed by atoms with van der Waals surface area (Å²) in [4.78, 5) is 38.1. The molecular weight excluding hydrogens is 769 g/mol. The zero-order valence-corrected chi connectivity index (χ0v) is 42.5. The summed E-state index contributed by atoms with van der Waals surface area (Å²) < 4.78 is 16.9. The number of rotatable bonds is 50. The first-order valence-electron chi connectivity index (χ1n) is 27.8. The summed E-state index contributed by atoms with van der Waals surface area (Å²) in [6.07, 6.45) is 50.8. The van der Waals surface area contributed by atoms with E-state index < -0.39 is 6.10 Å². The SMILES string of the molecule is CCCCCCCCCCCCCCCCCC(=O)O[C@@H](COC(=O)CCCCCCCCCCCCCCCCC(C)C)COC(=O)CCCCCCCCCCC(C)CC. The summed E-state index contributed by atoms with van der Waals surface area (Å²) in [5, 5.41) is 0. The second kappa shape index (κ2) is 48.9. The highest BCUT2D eigenvalue weighted by molar-refractivity contribution is 5.71. The van der Waals surface area contributed by atoms with Gasteiger partial charge in [-0.05, 0) is 31.1 Å². The second-order valence-electron chi connectivity index (χ2n) is 19.9. The first kappa shape index (κ1) is 60.4. The summed E-state index contributed by atoms with van der Waals surface area (Å²) in [7, 11) is 0. The van der Waals surface area contributed by atoms with E-state index in [-0.39, 0.29) is 31.1 Å². The lowest BCUT2D eigenvalue weighted by molar-refractivity contribution is -0.167. The fourth-order valence-corrected chi connectivity index (χ4v) is 8.49. The standard InChI is InChI=1S/C56H108O6/c1-6-8-9-10-11-12-13-14-15-20-23-26-33-38-43-48-56(59)62-53(50-61-55(58)47-42-37-32-28-27-30-35-40-45-52(5)7-2)49-60-54(57)46-41-36-31-25-22-19-17-16-18-21-24-29-34-39-44-51(3)4/h51-53H,6-50H2,1-5H3/t52?,53-/m0/s1. The Labute approximate surface area is 387 Å². The number of esters is 3. The number of hydrogen-bond acceptors (Lipinski definition) is 6. The highest BCUT2D eigenvalue weighted by Gasteiger charge is 2.19. The van der Waals surface area contributed by atoms with Crippen LogP contribution in [0.1, 0.15) is 311 Å². The van der Waals surface area contributed by atoms with Gasteiger partial charge in [-0.15, -0.1) is 0 Å². The quantitative estimate of drug-likeness (QED) is 0.0344. The molecule has 0 aliphatic heterocycles. The molecule has 0 amide bonds. The van der Waals surface area contributed by atoms with Gasteiger partial charge in [0.15, 0.2) is 6.10 Å². The highest BCUT2D eigenvalue weighted by Crippen LogP contribution is 2.18. The van der Waals surface area contributed by atoms with Crippen LogP contribution in [0, 0.1) is 11.8 Å². The fourth-order valence-electron chi connectivity index (χ4n) is 8.49. The van der Waals surface area contributed by atoms with E-state index in [1.54, 1.807) is 0 Å². The lowest BCUT2D eigenvalue weighted by Gasteiger charge is -2.18. The molecule has 6 nitrogen and oxygen atoms in total. The highest BCUT2D eigenvalue weighted by atomic mass is 16.6. The van der Waals surface area contributed by atoms with E-state index in [0.717, 1.165) is 69.6 Å². The van der Waals surface area contributed by atoms with Gasteiger partial charge in [0.25, 0.3) is 0 Å². The third-order valence-electron chi connectivity index (χ3n) is 13.1. The molecule has 0 N–H and O–H groups in total. The van der Waals surface area contributed by atoms with Crippen molar-refractivity contribution in [2.75, 3.05) is 13.2 Å². The minimum Gasteiger partial charge on any atom is -0.462 e. The smallest absolute Gasteiger partial charge is 0.306 e. The predicted octanol–water partition coefficient (Wildman–Crippen LogP) is 18.1. The molecule has 62 heavy (non-hydrogen) atoms. The molecule has 1 unspecified atom stereocenters. The normalized spacial score (nSPS) is 12.5. The van der Waals surface area contributed by atoms with Crippen LogP contribution in [0.25, 0.3) is 0 Å². The third kappa shape index (κ3) is 47.9. The van der Waals surface area contributed by atoms with Crippen LogP contribution >= 0.6 is 0 Å². The fraction of sp³-hybridized carbons (Fsp3) is 0.946. The summed E-state index contributed by atoms with van der Waals surface area (Å²) >= 11 is 0. The Morgan fingerprint density at radius 3 is 0.919 bits per heavy atom. The molecule has 0 bridgehead atoms. The summed E-state index contributed by atoms with van der Waals surface area (Å²) in [5.41, 5.74) is 0. The Hall–Kier alpha value is -1.59. The molecule has 0 rings (SSSR count). The van der Waals surface area contributed by atoms with E-state index in [0.29, 0.717) is 19.3 Å². The maximum Gasteiger partial charge on any atom is 0.306 e. The van der Waals surface area contributed by atoms with Crippen molar-refractivity contribution >= 4 is 17.9 Å². The molecule has 0 heterocycles. The zero-order valence-electron chi connectivity index (χ0n) is 42.5. The Kier molecular flexibility index (Phi) is 47.6. The molecule has 0 aromatic carbocycles. The van der Waals surface area contributed by atoms with Crippen molar-refractivity contribution in [3.63, 3.8) is 0 Å². The van der Waals surface area contributed by atoms with Crippen molar-refractivity contribution in [3.05, 3.63) is 0 Å². The summed E-state index contributed by atoms with van der Waals surface area (Å²) in [6.45, 7) is 11.4. The molecule has 0 saturated carbocycles. The van der Waals surface area contributed by atoms with Crippen LogP contribution < -0.4 is 0 Å². The van der Waals surface area contributed by atoms with E-state index in [1.807, 2.05) is 0 Å². The van der Waals surface area contributed by atoms with Crippen molar-refractivity contribution in [1.29, 1.82) is 0 Å². The van der Waals surface area contributed by atoms with Crippen LogP contribution in [0.2, 0.25) is 0 Å². The molecular formula is C56H108O6. The molecule has 0 radical (unpaired) electrons. The monoisotopic (exact) mass is 877 g/mol. The molecule has 368 valence electrons. The second-order valence-corrected chi connectivity index (χ2v) is 19.9. The maximum absolute atomic E-state index is 12.8. The van der Waals surface area contributed by atoms with Crippen molar-refractivity contribution in [3.8, 4) is 0 Å². The number of unbranched alkanes of at least 4 members (excludes halogenated alkanes) is 34. The Bertz CT molecular complexity index is 949. The number of ether oxygens (including phenoxy) is 3. The molecule has 0 aromatic heterocycles. The van der Waals surface area contributed by atoms with Crippen LogP contribution in [0.15, 0.2) is 0 Å². The average Bonchev–Trinajstić information content (AvgIpc) is 3.26. The molecule has 0 spiro atoms. The average molecular weight is 877 g/mol. The number of hydrogen-bond donors (Lipinski definition) is 0. The topological polar surface area (TPSA) is 78.9 Å². The van der Waals surface area contributed by atoms with Gasteiger partial charge in [-0.2, -0.15) is 0 Å². The van der Waals surface area contributed by atoms with Crippen molar-refractivity contribution in [2.24, 2.45) is 11.8 Å². The zero-order chi connectivity index (χ0) is 45.4. The van der Waals surface area contributed by atoms with E-state index in [1.165, 1.54) is 199 Å². The van der Waals surface area contributed by atoms with Gasteiger partial charge in [-0.1, -0.05) is 272 Å². The van der Waals surface area contributed by atoms with Gasteiger partial charge in [0.2, 0.25) is 0 Å². The van der Waals surface area contributed by atoms with Crippen LogP contribution in [0.4, 0.5) is 0 Å². The minimum absolute atomic E-state index is 0.0633. The van der Waals surface area contributed by atoms with E-state index >= 15 is 0 Å². The molecule has 2 atom stereocenters. The van der Waals surface area contributed by atoms with E-state index in [4.69, 9.17) is 14.2 Å². The Balaban J connectivity index is 4.30. The predicted molar refractivity (Wildman–Crippen MR) is 266 cm³/mol. The first-order valence-corrected chi connectivity index (χ1v) is 27.8. The van der Waals surface area contributed by atoms with Gasteiger partial charge >= 0.3 is 17.9 Å². The van der Waals surface area contributed by atoms with Gasteiger partial charge in [-0.3, -0.25) is 14.4 Å². The van der Waals surface area contributed by atoms with Crippen molar-refractivity contribution in [1.82, 2.24) is 0 Å². The number of carbonyl (C=O) groups is 3. The minimum atomic E-state index is -0.762. The van der Waals surface area contributed by atoms with Gasteiger partial charge in [0.1, 0.15) is 13.2 Å². The third-order valence-corrected chi connectivity index (χ3v) is 13.1. The van der Waals surface area contributed by atoms with Gasteiger partial charge in [0, 0.05) is 19.3 Å². The lowest BCUT2D eigenvalue weighted by Crippen LogP contribution is -2.30. The number of carbonyl (C=O) groups excluding carboxylic acids is 3. The molecule has 6 heteroatoms. The molecule has 0 aliphatic carbocycles. The first-order chi connectivity index (χ1) is 30.3. The Morgan fingerprint density at radius 1 is 0.339 bits per heavy atom. The van der Waals surface area contributed by atoms with Crippen LogP contribution in [0.5, 0.6) is 0 Å². The van der Waals surface area contributed by atoms with E-state index in [2.05, 4.69) is 34.6 Å². The molecule has 0 aliphatic rings. The summed E-state index contributed by atoms with van der Waals surface area (Å²) in [6, 6.07) is 0. The molecule has 0 fully saturated rings. The summed E-state index contributed by atoms with van der Waals surface area (Å²) in [5.74, 6) is 0.849. The molecule has 0 aromatic rings. The van der Waals surface area contributed by atoms with Crippen LogP contribution in [-0.2, 0) is 28.6 Å². The van der Waals surface area contributed by atoms with Crippen LogP contribution in [0.3, 0.4) is 0 Å².